The first-order valence-electron chi connectivity index (χ1n) is 7.93. The first-order valence-corrected chi connectivity index (χ1v) is 7.93. The Labute approximate surface area is 147 Å². The molecule has 0 aromatic heterocycles. The topological polar surface area (TPSA) is 90.9 Å². The van der Waals surface area contributed by atoms with E-state index >= 15 is 0 Å². The van der Waals surface area contributed by atoms with E-state index in [1.54, 1.807) is 52.0 Å². The number of nitrogens with one attached hydrogen (secondary N) is 1. The fourth-order valence-corrected chi connectivity index (χ4v) is 2.13. The Kier molecular flexibility index (Phi) is 6.97. The molecule has 2 atom stereocenters. The number of ether oxygens (including phenoxy) is 3. The summed E-state index contributed by atoms with van der Waals surface area (Å²) in [4.78, 5) is 34.5. The van der Waals surface area contributed by atoms with E-state index in [1.165, 1.54) is 13.8 Å². The molecule has 0 fully saturated rings. The Hall–Kier alpha value is -2.57. The van der Waals surface area contributed by atoms with Crippen LogP contribution < -0.4 is 10.1 Å². The summed E-state index contributed by atoms with van der Waals surface area (Å²) >= 11 is 0. The van der Waals surface area contributed by atoms with E-state index in [1.807, 2.05) is 0 Å². The minimum absolute atomic E-state index is 0.326. The van der Waals surface area contributed by atoms with Crippen molar-refractivity contribution in [2.24, 2.45) is 0 Å². The van der Waals surface area contributed by atoms with Gasteiger partial charge in [0.05, 0.1) is 6.04 Å². The maximum Gasteiger partial charge on any atom is 0.408 e. The smallest absolute Gasteiger partial charge is 0.408 e. The number of benzene rings is 1. The predicted molar refractivity (Wildman–Crippen MR) is 91.1 cm³/mol. The molecule has 138 valence electrons. The number of alkyl carbamates (subject to hydrolysis) is 1. The summed E-state index contributed by atoms with van der Waals surface area (Å²) in [5.41, 5.74) is -0.0619. The van der Waals surface area contributed by atoms with Crippen LogP contribution >= 0.6 is 0 Å². The quantitative estimate of drug-likeness (QED) is 0.647. The van der Waals surface area contributed by atoms with Crippen LogP contribution in [0.2, 0.25) is 0 Å². The average Bonchev–Trinajstić information content (AvgIpc) is 2.41. The first-order chi connectivity index (χ1) is 11.5. The van der Waals surface area contributed by atoms with Gasteiger partial charge in [-0.2, -0.15) is 0 Å². The van der Waals surface area contributed by atoms with Gasteiger partial charge in [0.25, 0.3) is 0 Å². The molecule has 0 unspecified atom stereocenters. The highest BCUT2D eigenvalue weighted by Crippen LogP contribution is 2.26. The molecule has 1 rings (SSSR count). The summed E-state index contributed by atoms with van der Waals surface area (Å²) in [6.07, 6.45) is -1.38. The van der Waals surface area contributed by atoms with Gasteiger partial charge < -0.3 is 19.5 Å². The zero-order valence-electron chi connectivity index (χ0n) is 15.4. The minimum Gasteiger partial charge on any atom is -0.455 e. The van der Waals surface area contributed by atoms with Crippen LogP contribution in [-0.2, 0) is 19.1 Å². The molecule has 25 heavy (non-hydrogen) atoms. The summed E-state index contributed by atoms with van der Waals surface area (Å²) in [6, 6.07) is 6.02. The van der Waals surface area contributed by atoms with Crippen molar-refractivity contribution in [3.63, 3.8) is 0 Å². The van der Waals surface area contributed by atoms with Crippen LogP contribution in [0.5, 0.6) is 5.75 Å². The molecule has 1 aromatic rings. The molecule has 0 radical (unpaired) electrons. The highest BCUT2D eigenvalue weighted by Gasteiger charge is 2.26. The van der Waals surface area contributed by atoms with Crippen molar-refractivity contribution in [2.45, 2.75) is 59.3 Å². The van der Waals surface area contributed by atoms with Gasteiger partial charge in [-0.05, 0) is 45.4 Å². The number of amides is 1. The number of carbonyl (C=O) groups is 3. The Bertz CT molecular complexity index is 635. The second-order valence-corrected chi connectivity index (χ2v) is 6.63. The molecule has 7 heteroatoms. The molecule has 0 bridgehead atoms. The van der Waals surface area contributed by atoms with Crippen molar-refractivity contribution in [2.75, 3.05) is 0 Å². The van der Waals surface area contributed by atoms with E-state index < -0.39 is 35.8 Å². The maximum absolute atomic E-state index is 12.0. The van der Waals surface area contributed by atoms with Crippen molar-refractivity contribution in [3.05, 3.63) is 29.8 Å². The molecular weight excluding hydrogens is 326 g/mol. The molecule has 1 N–H and O–H groups in total. The van der Waals surface area contributed by atoms with Gasteiger partial charge in [0.1, 0.15) is 17.5 Å². The fraction of sp³-hybridized carbons (Fsp3) is 0.500. The van der Waals surface area contributed by atoms with Crippen molar-refractivity contribution in [1.29, 1.82) is 0 Å². The number of hydrogen-bond acceptors (Lipinski definition) is 6. The summed E-state index contributed by atoms with van der Waals surface area (Å²) in [6.45, 7) is 9.53. The molecule has 0 spiro atoms. The van der Waals surface area contributed by atoms with E-state index in [2.05, 4.69) is 5.32 Å². The molecule has 7 nitrogen and oxygen atoms in total. The van der Waals surface area contributed by atoms with Crippen LogP contribution in [-0.4, -0.2) is 29.7 Å². The van der Waals surface area contributed by atoms with Gasteiger partial charge in [-0.1, -0.05) is 12.1 Å². The maximum atomic E-state index is 12.0. The summed E-state index contributed by atoms with van der Waals surface area (Å²) in [7, 11) is 0. The predicted octanol–water partition coefficient (Wildman–Crippen LogP) is 3.13. The molecule has 0 aliphatic carbocycles. The first kappa shape index (κ1) is 20.5. The third-order valence-electron chi connectivity index (χ3n) is 2.94. The lowest BCUT2D eigenvalue weighted by atomic mass is 10.0. The lowest BCUT2D eigenvalue weighted by molar-refractivity contribution is -0.148. The van der Waals surface area contributed by atoms with Gasteiger partial charge in [-0.25, -0.2) is 4.79 Å². The van der Waals surface area contributed by atoms with E-state index in [0.717, 1.165) is 0 Å². The SMILES string of the molecule is CC(=O)Oc1cccc([C@H](OC(C)=O)[C@@H](C)NC(=O)OC(C)(C)C)c1. The van der Waals surface area contributed by atoms with Crippen LogP contribution in [0.1, 0.15) is 53.2 Å². The highest BCUT2D eigenvalue weighted by molar-refractivity contribution is 5.70. The van der Waals surface area contributed by atoms with Crippen molar-refractivity contribution in [1.82, 2.24) is 5.32 Å². The summed E-state index contributed by atoms with van der Waals surface area (Å²) in [5.74, 6) is -0.631. The Morgan fingerprint density at radius 3 is 2.24 bits per heavy atom. The van der Waals surface area contributed by atoms with Gasteiger partial charge in [-0.15, -0.1) is 0 Å². The Morgan fingerprint density at radius 2 is 1.72 bits per heavy atom. The lowest BCUT2D eigenvalue weighted by Gasteiger charge is -2.27. The van der Waals surface area contributed by atoms with Crippen molar-refractivity contribution < 1.29 is 28.6 Å². The Morgan fingerprint density at radius 1 is 1.08 bits per heavy atom. The average molecular weight is 351 g/mol. The second kappa shape index (κ2) is 8.50. The minimum atomic E-state index is -0.763. The fourth-order valence-electron chi connectivity index (χ4n) is 2.13. The van der Waals surface area contributed by atoms with Crippen molar-refractivity contribution in [3.8, 4) is 5.75 Å². The molecule has 0 saturated heterocycles. The standard InChI is InChI=1S/C18H25NO6/c1-11(19-17(22)25-18(4,5)6)16(24-13(3)21)14-8-7-9-15(10-14)23-12(2)20/h7-11,16H,1-6H3,(H,19,22)/t11-,16-/m1/s1. The van der Waals surface area contributed by atoms with Gasteiger partial charge in [0.2, 0.25) is 0 Å². The third kappa shape index (κ3) is 7.69. The lowest BCUT2D eigenvalue weighted by Crippen LogP contribution is -2.41. The zero-order valence-corrected chi connectivity index (χ0v) is 15.4. The summed E-state index contributed by atoms with van der Waals surface area (Å²) in [5, 5.41) is 2.65. The van der Waals surface area contributed by atoms with Crippen molar-refractivity contribution >= 4 is 18.0 Å². The van der Waals surface area contributed by atoms with E-state index in [4.69, 9.17) is 14.2 Å². The normalized spacial score (nSPS) is 13.4. The molecule has 1 aromatic carbocycles. The van der Waals surface area contributed by atoms with Crippen LogP contribution in [0.15, 0.2) is 24.3 Å². The number of esters is 2. The van der Waals surface area contributed by atoms with Gasteiger partial charge in [-0.3, -0.25) is 9.59 Å². The van der Waals surface area contributed by atoms with E-state index in [-0.39, 0.29) is 0 Å². The van der Waals surface area contributed by atoms with Crippen LogP contribution in [0.25, 0.3) is 0 Å². The van der Waals surface area contributed by atoms with Crippen LogP contribution in [0, 0.1) is 0 Å². The monoisotopic (exact) mass is 351 g/mol. The highest BCUT2D eigenvalue weighted by atomic mass is 16.6. The van der Waals surface area contributed by atoms with Crippen LogP contribution in [0.3, 0.4) is 0 Å². The molecule has 0 aliphatic rings. The van der Waals surface area contributed by atoms with Gasteiger partial charge in [0, 0.05) is 13.8 Å². The largest absolute Gasteiger partial charge is 0.455 e. The van der Waals surface area contributed by atoms with Gasteiger partial charge in [0.15, 0.2) is 0 Å². The number of rotatable bonds is 5. The molecule has 0 saturated carbocycles. The van der Waals surface area contributed by atoms with Crippen LogP contribution in [0.4, 0.5) is 4.79 Å². The summed E-state index contributed by atoms with van der Waals surface area (Å²) < 4.78 is 15.6. The molecular formula is C18H25NO6. The third-order valence-corrected chi connectivity index (χ3v) is 2.94. The zero-order chi connectivity index (χ0) is 19.2. The number of carbonyl (C=O) groups excluding carboxylic acids is 3. The molecule has 1 amide bonds. The van der Waals surface area contributed by atoms with Gasteiger partial charge >= 0.3 is 18.0 Å². The Balaban J connectivity index is 2.98. The second-order valence-electron chi connectivity index (χ2n) is 6.63. The molecule has 0 heterocycles. The van der Waals surface area contributed by atoms with E-state index in [0.29, 0.717) is 11.3 Å². The van der Waals surface area contributed by atoms with E-state index in [9.17, 15) is 14.4 Å². The number of hydrogen-bond donors (Lipinski definition) is 1. The molecule has 0 aliphatic heterocycles.